The Balaban J connectivity index is 1.05. The second kappa shape index (κ2) is 10.3. The van der Waals surface area contributed by atoms with E-state index in [1.54, 1.807) is 0 Å². The quantitative estimate of drug-likeness (QED) is 0.192. The minimum absolute atomic E-state index is 0.919. The summed E-state index contributed by atoms with van der Waals surface area (Å²) in [5.74, 6) is 0. The van der Waals surface area contributed by atoms with Crippen molar-refractivity contribution >= 4 is 64.5 Å². The number of para-hydroxylation sites is 3. The largest absolute Gasteiger partial charge is 0.453 e. The molecule has 0 aliphatic rings. The lowest BCUT2D eigenvalue weighted by atomic mass is 9.98. The van der Waals surface area contributed by atoms with Crippen molar-refractivity contribution in [3.8, 4) is 39.1 Å². The third kappa shape index (κ3) is 4.10. The van der Waals surface area contributed by atoms with Crippen LogP contribution in [0.25, 0.3) is 92.2 Å². The molecule has 0 atom stereocenters. The van der Waals surface area contributed by atoms with E-state index in [0.717, 1.165) is 49.8 Å². The molecule has 10 aromatic rings. The maximum atomic E-state index is 6.76. The normalized spacial score (nSPS) is 11.8. The summed E-state index contributed by atoms with van der Waals surface area (Å²) < 4.78 is 11.7. The van der Waals surface area contributed by atoms with Gasteiger partial charge in [0.2, 0.25) is 0 Å². The van der Waals surface area contributed by atoms with Crippen molar-refractivity contribution in [3.63, 3.8) is 0 Å². The Morgan fingerprint density at radius 3 is 1.70 bits per heavy atom. The average molecular weight is 618 g/mol. The zero-order valence-electron chi connectivity index (χ0n) is 25.4. The molecule has 0 saturated heterocycles. The fraction of sp³-hybridized carbons (Fsp3) is 0. The Kier molecular flexibility index (Phi) is 5.78. The number of benzene rings is 7. The van der Waals surface area contributed by atoms with Crippen molar-refractivity contribution in [2.75, 3.05) is 0 Å². The Morgan fingerprint density at radius 1 is 0.404 bits per heavy atom. The number of nitrogens with zero attached hydrogens (tertiary/aromatic N) is 1. The zero-order valence-corrected chi connectivity index (χ0v) is 26.2. The minimum Gasteiger partial charge on any atom is -0.453 e. The summed E-state index contributed by atoms with van der Waals surface area (Å²) in [7, 11) is 0. The van der Waals surface area contributed by atoms with Crippen LogP contribution < -0.4 is 0 Å². The predicted octanol–water partition coefficient (Wildman–Crippen LogP) is 12.9. The second-order valence-electron chi connectivity index (χ2n) is 12.1. The average Bonchev–Trinajstić information content (AvgIpc) is 3.80. The van der Waals surface area contributed by atoms with Crippen LogP contribution in [0.15, 0.2) is 168 Å². The van der Waals surface area contributed by atoms with Crippen LogP contribution in [0.5, 0.6) is 0 Å². The van der Waals surface area contributed by atoms with E-state index in [2.05, 4.69) is 168 Å². The van der Waals surface area contributed by atoms with Gasteiger partial charge in [-0.25, -0.2) is 0 Å². The summed E-state index contributed by atoms with van der Waals surface area (Å²) in [4.78, 5) is 0. The van der Waals surface area contributed by atoms with Crippen molar-refractivity contribution < 1.29 is 4.42 Å². The molecule has 0 saturated carbocycles. The topological polar surface area (TPSA) is 18.1 Å². The van der Waals surface area contributed by atoms with Crippen LogP contribution in [0.3, 0.4) is 0 Å². The predicted molar refractivity (Wildman–Crippen MR) is 200 cm³/mol. The number of hydrogen-bond acceptors (Lipinski definition) is 2. The summed E-state index contributed by atoms with van der Waals surface area (Å²) in [6, 6.07) is 58.8. The lowest BCUT2D eigenvalue weighted by Gasteiger charge is -2.08. The molecule has 2 nitrogen and oxygen atoms in total. The standard InChI is InChI=1S/C44H27NOS/c1-3-10-28(11-4-1)31-22-24-35-36-25-23-32(27-41(36)47-40(35)26-31)29-18-20-30(21-19-29)34-15-9-16-38-42-44(46-43(34)38)37-14-7-8-17-39(37)45(42)33-12-5-2-6-13-33/h1-27H. The SMILES string of the molecule is c1ccc(-c2ccc3c(c2)sc2cc(-c4ccc(-c5cccc6c5oc5c7ccccc7n(-c7ccccc7)c65)cc4)ccc23)cc1. The molecular weight excluding hydrogens is 591 g/mol. The van der Waals surface area contributed by atoms with Gasteiger partial charge >= 0.3 is 0 Å². The van der Waals surface area contributed by atoms with Gasteiger partial charge in [0.05, 0.1) is 5.52 Å². The number of hydrogen-bond donors (Lipinski definition) is 0. The van der Waals surface area contributed by atoms with E-state index in [-0.39, 0.29) is 0 Å². The summed E-state index contributed by atoms with van der Waals surface area (Å²) >= 11 is 1.87. The zero-order chi connectivity index (χ0) is 30.9. The van der Waals surface area contributed by atoms with Crippen molar-refractivity contribution in [3.05, 3.63) is 164 Å². The maximum absolute atomic E-state index is 6.76. The highest BCUT2D eigenvalue weighted by Crippen LogP contribution is 2.43. The van der Waals surface area contributed by atoms with E-state index in [4.69, 9.17) is 4.42 Å². The molecule has 0 fully saturated rings. The van der Waals surface area contributed by atoms with Gasteiger partial charge < -0.3 is 8.98 Å². The van der Waals surface area contributed by atoms with E-state index in [9.17, 15) is 0 Å². The van der Waals surface area contributed by atoms with Gasteiger partial charge in [0.15, 0.2) is 5.58 Å². The molecule has 0 amide bonds. The first-order valence-corrected chi connectivity index (χ1v) is 16.7. The van der Waals surface area contributed by atoms with Gasteiger partial charge in [-0.15, -0.1) is 11.3 Å². The van der Waals surface area contributed by atoms with Crippen LogP contribution in [-0.4, -0.2) is 4.57 Å². The van der Waals surface area contributed by atoms with Crippen molar-refractivity contribution in [2.45, 2.75) is 0 Å². The molecule has 0 aliphatic carbocycles. The van der Waals surface area contributed by atoms with Gasteiger partial charge in [0, 0.05) is 42.2 Å². The first-order valence-electron chi connectivity index (χ1n) is 15.9. The molecule has 47 heavy (non-hydrogen) atoms. The molecule has 0 radical (unpaired) electrons. The molecule has 0 aliphatic heterocycles. The highest BCUT2D eigenvalue weighted by atomic mass is 32.1. The summed E-state index contributed by atoms with van der Waals surface area (Å²) in [6.45, 7) is 0. The van der Waals surface area contributed by atoms with E-state index in [0.29, 0.717) is 0 Å². The number of rotatable bonds is 4. The molecule has 3 aromatic heterocycles. The van der Waals surface area contributed by atoms with Crippen LogP contribution in [-0.2, 0) is 0 Å². The third-order valence-electron chi connectivity index (χ3n) is 9.43. The number of furan rings is 1. The third-order valence-corrected chi connectivity index (χ3v) is 10.5. The van der Waals surface area contributed by atoms with Crippen LogP contribution in [0, 0.1) is 0 Å². The maximum Gasteiger partial charge on any atom is 0.161 e. The fourth-order valence-corrected chi connectivity index (χ4v) is 8.36. The molecular formula is C44H27NOS. The lowest BCUT2D eigenvalue weighted by molar-refractivity contribution is 0.674. The van der Waals surface area contributed by atoms with Crippen molar-refractivity contribution in [1.82, 2.24) is 4.57 Å². The highest BCUT2D eigenvalue weighted by Gasteiger charge is 2.21. The lowest BCUT2D eigenvalue weighted by Crippen LogP contribution is -1.92. The van der Waals surface area contributed by atoms with Gasteiger partial charge in [0.25, 0.3) is 0 Å². The molecule has 0 unspecified atom stereocenters. The van der Waals surface area contributed by atoms with Crippen LogP contribution >= 0.6 is 11.3 Å². The molecule has 3 heterocycles. The van der Waals surface area contributed by atoms with Crippen LogP contribution in [0.2, 0.25) is 0 Å². The number of fused-ring (bicyclic) bond motifs is 8. The minimum atomic E-state index is 0.919. The molecule has 220 valence electrons. The van der Waals surface area contributed by atoms with E-state index >= 15 is 0 Å². The first-order chi connectivity index (χ1) is 23.3. The smallest absolute Gasteiger partial charge is 0.161 e. The molecule has 7 aromatic carbocycles. The Bertz CT molecular complexity index is 2770. The Labute approximate surface area is 275 Å². The van der Waals surface area contributed by atoms with E-state index in [1.165, 1.54) is 42.4 Å². The van der Waals surface area contributed by atoms with Crippen LogP contribution in [0.1, 0.15) is 0 Å². The molecule has 0 N–H and O–H groups in total. The second-order valence-corrected chi connectivity index (χ2v) is 13.2. The van der Waals surface area contributed by atoms with Gasteiger partial charge in [0.1, 0.15) is 11.1 Å². The van der Waals surface area contributed by atoms with Gasteiger partial charge in [-0.05, 0) is 70.3 Å². The summed E-state index contributed by atoms with van der Waals surface area (Å²) in [5, 5.41) is 4.87. The molecule has 0 bridgehead atoms. The fourth-order valence-electron chi connectivity index (χ4n) is 7.17. The van der Waals surface area contributed by atoms with E-state index in [1.807, 2.05) is 11.3 Å². The number of aromatic nitrogens is 1. The first kappa shape index (κ1) is 26.3. The number of thiophene rings is 1. The Morgan fingerprint density at radius 2 is 0.979 bits per heavy atom. The van der Waals surface area contributed by atoms with Gasteiger partial charge in [-0.1, -0.05) is 121 Å². The molecule has 0 spiro atoms. The van der Waals surface area contributed by atoms with Crippen molar-refractivity contribution in [2.24, 2.45) is 0 Å². The summed E-state index contributed by atoms with van der Waals surface area (Å²) in [6.07, 6.45) is 0. The van der Waals surface area contributed by atoms with Crippen molar-refractivity contribution in [1.29, 1.82) is 0 Å². The van der Waals surface area contributed by atoms with E-state index < -0.39 is 0 Å². The monoisotopic (exact) mass is 617 g/mol. The summed E-state index contributed by atoms with van der Waals surface area (Å²) in [5.41, 5.74) is 12.4. The highest BCUT2D eigenvalue weighted by molar-refractivity contribution is 7.25. The Hall–Kier alpha value is -5.90. The van der Waals surface area contributed by atoms with Gasteiger partial charge in [-0.2, -0.15) is 0 Å². The molecule has 3 heteroatoms. The van der Waals surface area contributed by atoms with Crippen LogP contribution in [0.4, 0.5) is 0 Å². The molecule has 10 rings (SSSR count). The van der Waals surface area contributed by atoms with Gasteiger partial charge in [-0.3, -0.25) is 0 Å².